The molecule has 0 bridgehead atoms. The van der Waals surface area contributed by atoms with Crippen LogP contribution in [0.25, 0.3) is 0 Å². The lowest BCUT2D eigenvalue weighted by Crippen LogP contribution is -2.39. The first-order valence-corrected chi connectivity index (χ1v) is 10.1. The number of anilines is 2. The van der Waals surface area contributed by atoms with Gasteiger partial charge >= 0.3 is 0 Å². The Hall–Kier alpha value is -2.54. The number of rotatable bonds is 4. The number of nitrogens with one attached hydrogen (secondary N) is 2. The van der Waals surface area contributed by atoms with Crippen LogP contribution in [0.2, 0.25) is 0 Å². The lowest BCUT2D eigenvalue weighted by molar-refractivity contribution is 0.174. The van der Waals surface area contributed by atoms with Crippen molar-refractivity contribution in [1.29, 1.82) is 0 Å². The normalized spacial score (nSPS) is 20.7. The molecule has 28 heavy (non-hydrogen) atoms. The van der Waals surface area contributed by atoms with Crippen LogP contribution in [0.1, 0.15) is 25.8 Å². The molecule has 2 aromatic rings. The molecule has 0 radical (unpaired) electrons. The molecule has 2 aliphatic rings. The van der Waals surface area contributed by atoms with Gasteiger partial charge in [0.2, 0.25) is 6.79 Å². The third-order valence-corrected chi connectivity index (χ3v) is 5.34. The number of pyridine rings is 1. The van der Waals surface area contributed by atoms with Crippen LogP contribution in [-0.2, 0) is 6.54 Å². The molecule has 4 rings (SSSR count). The van der Waals surface area contributed by atoms with E-state index in [0.717, 1.165) is 41.7 Å². The monoisotopic (exact) mass is 398 g/mol. The Morgan fingerprint density at radius 3 is 2.68 bits per heavy atom. The van der Waals surface area contributed by atoms with Crippen molar-refractivity contribution < 1.29 is 9.47 Å². The summed E-state index contributed by atoms with van der Waals surface area (Å²) in [6, 6.07) is 9.98. The number of fused-ring (bicyclic) bond motifs is 1. The van der Waals surface area contributed by atoms with E-state index in [-0.39, 0.29) is 6.79 Å². The maximum absolute atomic E-state index is 5.41. The second-order valence-electron chi connectivity index (χ2n) is 7.75. The summed E-state index contributed by atoms with van der Waals surface area (Å²) >= 11 is 5.41. The average Bonchev–Trinajstić information content (AvgIpc) is 3.14. The third-order valence-electron chi connectivity index (χ3n) is 5.09. The van der Waals surface area contributed by atoms with Crippen LogP contribution in [0, 0.1) is 11.8 Å². The zero-order chi connectivity index (χ0) is 19.5. The molecule has 148 valence electrons. The zero-order valence-electron chi connectivity index (χ0n) is 16.3. The first-order valence-electron chi connectivity index (χ1n) is 9.71. The van der Waals surface area contributed by atoms with Gasteiger partial charge < -0.3 is 25.0 Å². The number of ether oxygens (including phenoxy) is 2. The fourth-order valence-electron chi connectivity index (χ4n) is 3.91. The van der Waals surface area contributed by atoms with Crippen LogP contribution >= 0.6 is 12.2 Å². The Labute approximate surface area is 171 Å². The number of benzene rings is 1. The molecule has 2 aliphatic heterocycles. The van der Waals surface area contributed by atoms with Gasteiger partial charge in [-0.1, -0.05) is 19.9 Å². The number of hydrogen-bond donors (Lipinski definition) is 2. The third kappa shape index (κ3) is 4.47. The van der Waals surface area contributed by atoms with Crippen molar-refractivity contribution in [2.24, 2.45) is 11.8 Å². The summed E-state index contributed by atoms with van der Waals surface area (Å²) in [6.07, 6.45) is 3.13. The Kier molecular flexibility index (Phi) is 5.52. The van der Waals surface area contributed by atoms with Crippen molar-refractivity contribution >= 4 is 28.8 Å². The highest BCUT2D eigenvalue weighted by Gasteiger charge is 2.22. The molecule has 0 amide bonds. The highest BCUT2D eigenvalue weighted by Crippen LogP contribution is 2.32. The van der Waals surface area contributed by atoms with E-state index in [9.17, 15) is 0 Å². The molecule has 0 saturated carbocycles. The van der Waals surface area contributed by atoms with E-state index < -0.39 is 0 Å². The standard InChI is InChI=1S/C21H26N4O2S/c1-14-7-15(2)12-25(11-14)20-6-4-17(10-22-20)24-21(28)23-9-16-3-5-18-19(8-16)27-13-26-18/h3-6,8,10,14-15H,7,9,11-13H2,1-2H3,(H2,23,24,28)/t14-,15-/m0/s1. The molecule has 2 N–H and O–H groups in total. The van der Waals surface area contributed by atoms with Gasteiger partial charge in [-0.3, -0.25) is 0 Å². The summed E-state index contributed by atoms with van der Waals surface area (Å²) in [6.45, 7) is 7.65. The first kappa shape index (κ1) is 18.8. The minimum atomic E-state index is 0.282. The lowest BCUT2D eigenvalue weighted by Gasteiger charge is -2.35. The van der Waals surface area contributed by atoms with Crippen molar-refractivity contribution in [2.75, 3.05) is 30.1 Å². The summed E-state index contributed by atoms with van der Waals surface area (Å²) in [4.78, 5) is 7.00. The number of hydrogen-bond acceptors (Lipinski definition) is 5. The molecule has 0 aliphatic carbocycles. The van der Waals surface area contributed by atoms with E-state index in [4.69, 9.17) is 21.7 Å². The number of nitrogens with zero attached hydrogens (tertiary/aromatic N) is 2. The summed E-state index contributed by atoms with van der Waals surface area (Å²) in [5.41, 5.74) is 1.96. The van der Waals surface area contributed by atoms with Crippen molar-refractivity contribution in [3.05, 3.63) is 42.1 Å². The van der Waals surface area contributed by atoms with Crippen LogP contribution in [0.3, 0.4) is 0 Å². The summed E-state index contributed by atoms with van der Waals surface area (Å²) in [5, 5.41) is 6.97. The SMILES string of the molecule is C[C@H]1C[C@H](C)CN(c2ccc(NC(=S)NCc3ccc4c(c3)OCO4)cn2)C1. The number of piperidine rings is 1. The zero-order valence-corrected chi connectivity index (χ0v) is 17.1. The predicted molar refractivity (Wildman–Crippen MR) is 115 cm³/mol. The van der Waals surface area contributed by atoms with Gasteiger partial charge in [0, 0.05) is 19.6 Å². The van der Waals surface area contributed by atoms with Gasteiger partial charge in [-0.05, 0) is 60.3 Å². The first-order chi connectivity index (χ1) is 13.6. The van der Waals surface area contributed by atoms with Crippen molar-refractivity contribution in [2.45, 2.75) is 26.8 Å². The van der Waals surface area contributed by atoms with Crippen LogP contribution in [0.4, 0.5) is 11.5 Å². The highest BCUT2D eigenvalue weighted by atomic mass is 32.1. The fourth-order valence-corrected chi connectivity index (χ4v) is 4.10. The number of thiocarbonyl (C=S) groups is 1. The van der Waals surface area contributed by atoms with E-state index >= 15 is 0 Å². The van der Waals surface area contributed by atoms with E-state index in [0.29, 0.717) is 23.5 Å². The van der Waals surface area contributed by atoms with Gasteiger partial charge in [0.25, 0.3) is 0 Å². The Morgan fingerprint density at radius 2 is 1.93 bits per heavy atom. The predicted octanol–water partition coefficient (Wildman–Crippen LogP) is 3.78. The van der Waals surface area contributed by atoms with Gasteiger partial charge in [-0.15, -0.1) is 0 Å². The largest absolute Gasteiger partial charge is 0.454 e. The molecule has 0 unspecified atom stereocenters. The summed E-state index contributed by atoms with van der Waals surface area (Å²) in [7, 11) is 0. The van der Waals surface area contributed by atoms with Crippen LogP contribution in [-0.4, -0.2) is 30.0 Å². The fraction of sp³-hybridized carbons (Fsp3) is 0.429. The van der Waals surface area contributed by atoms with Gasteiger partial charge in [0.15, 0.2) is 16.6 Å². The van der Waals surface area contributed by atoms with Gasteiger partial charge in [0.05, 0.1) is 11.9 Å². The van der Waals surface area contributed by atoms with Crippen LogP contribution in [0.5, 0.6) is 11.5 Å². The molecule has 1 saturated heterocycles. The second-order valence-corrected chi connectivity index (χ2v) is 8.16. The molecular formula is C21H26N4O2S. The Bertz CT molecular complexity index is 833. The molecule has 2 atom stereocenters. The van der Waals surface area contributed by atoms with E-state index in [1.165, 1.54) is 6.42 Å². The van der Waals surface area contributed by atoms with Gasteiger partial charge in [0.1, 0.15) is 5.82 Å². The smallest absolute Gasteiger partial charge is 0.231 e. The Balaban J connectivity index is 1.29. The summed E-state index contributed by atoms with van der Waals surface area (Å²) < 4.78 is 10.7. The molecule has 6 nitrogen and oxygen atoms in total. The molecule has 3 heterocycles. The topological polar surface area (TPSA) is 58.7 Å². The highest BCUT2D eigenvalue weighted by molar-refractivity contribution is 7.80. The minimum Gasteiger partial charge on any atom is -0.454 e. The van der Waals surface area contributed by atoms with Gasteiger partial charge in [-0.2, -0.15) is 0 Å². The van der Waals surface area contributed by atoms with Crippen molar-refractivity contribution in [3.8, 4) is 11.5 Å². The molecular weight excluding hydrogens is 372 g/mol. The molecule has 1 aromatic heterocycles. The van der Waals surface area contributed by atoms with Crippen molar-refractivity contribution in [1.82, 2.24) is 10.3 Å². The van der Waals surface area contributed by atoms with Crippen LogP contribution in [0.15, 0.2) is 36.5 Å². The summed E-state index contributed by atoms with van der Waals surface area (Å²) in [5.74, 6) is 4.00. The average molecular weight is 399 g/mol. The lowest BCUT2D eigenvalue weighted by atomic mass is 9.92. The van der Waals surface area contributed by atoms with E-state index in [2.05, 4.69) is 40.4 Å². The van der Waals surface area contributed by atoms with Gasteiger partial charge in [-0.25, -0.2) is 4.98 Å². The van der Waals surface area contributed by atoms with Crippen molar-refractivity contribution in [3.63, 3.8) is 0 Å². The van der Waals surface area contributed by atoms with Crippen LogP contribution < -0.4 is 25.0 Å². The number of aromatic nitrogens is 1. The molecule has 7 heteroatoms. The molecule has 1 aromatic carbocycles. The maximum Gasteiger partial charge on any atom is 0.231 e. The minimum absolute atomic E-state index is 0.282. The molecule has 0 spiro atoms. The molecule has 1 fully saturated rings. The Morgan fingerprint density at radius 1 is 1.14 bits per heavy atom. The maximum atomic E-state index is 5.41. The second kappa shape index (κ2) is 8.22. The quantitative estimate of drug-likeness (QED) is 0.760. The van der Waals surface area contributed by atoms with E-state index in [1.807, 2.05) is 30.5 Å². The van der Waals surface area contributed by atoms with E-state index in [1.54, 1.807) is 0 Å².